The van der Waals surface area contributed by atoms with Gasteiger partial charge < -0.3 is 0 Å². The summed E-state index contributed by atoms with van der Waals surface area (Å²) in [6.07, 6.45) is 1.76. The fraction of sp³-hybridized carbons (Fsp3) is 0.0476. The molecule has 0 fully saturated rings. The predicted octanol–water partition coefficient (Wildman–Crippen LogP) is 4.58. The lowest BCUT2D eigenvalue weighted by Crippen LogP contribution is -1.98. The van der Waals surface area contributed by atoms with Gasteiger partial charge in [-0.05, 0) is 24.6 Å². The van der Waals surface area contributed by atoms with Crippen molar-refractivity contribution in [1.82, 2.24) is 20.4 Å². The second-order valence-corrected chi connectivity index (χ2v) is 5.79. The SMILES string of the molecule is Cc1cnnc(-c2ccccc2)c1-c1ccc(-c2ccccc2)nn1. The Balaban J connectivity index is 1.80. The van der Waals surface area contributed by atoms with Gasteiger partial charge >= 0.3 is 0 Å². The summed E-state index contributed by atoms with van der Waals surface area (Å²) in [6.45, 7) is 2.02. The third-order valence-corrected chi connectivity index (χ3v) is 4.08. The molecule has 2 aromatic heterocycles. The summed E-state index contributed by atoms with van der Waals surface area (Å²) >= 11 is 0. The van der Waals surface area contributed by atoms with Crippen LogP contribution in [0, 0.1) is 6.92 Å². The molecule has 4 nitrogen and oxygen atoms in total. The fourth-order valence-electron chi connectivity index (χ4n) is 2.82. The first kappa shape index (κ1) is 15.1. The maximum absolute atomic E-state index is 4.45. The highest BCUT2D eigenvalue weighted by Gasteiger charge is 2.14. The maximum atomic E-state index is 4.45. The average molecular weight is 324 g/mol. The Hall–Kier alpha value is -3.40. The molecule has 0 radical (unpaired) electrons. The number of aryl methyl sites for hydroxylation is 1. The molecule has 4 rings (SSSR count). The minimum Gasteiger partial charge on any atom is -0.158 e. The van der Waals surface area contributed by atoms with Crippen LogP contribution >= 0.6 is 0 Å². The molecule has 0 saturated heterocycles. The summed E-state index contributed by atoms with van der Waals surface area (Å²) in [5, 5.41) is 17.3. The highest BCUT2D eigenvalue weighted by Crippen LogP contribution is 2.31. The van der Waals surface area contributed by atoms with Crippen molar-refractivity contribution >= 4 is 0 Å². The molecule has 0 aliphatic rings. The zero-order chi connectivity index (χ0) is 17.1. The molecule has 0 atom stereocenters. The van der Waals surface area contributed by atoms with Crippen molar-refractivity contribution in [3.63, 3.8) is 0 Å². The molecule has 2 heterocycles. The van der Waals surface area contributed by atoms with Gasteiger partial charge in [0, 0.05) is 16.7 Å². The van der Waals surface area contributed by atoms with Crippen molar-refractivity contribution in [2.75, 3.05) is 0 Å². The van der Waals surface area contributed by atoms with Crippen molar-refractivity contribution in [2.45, 2.75) is 6.92 Å². The van der Waals surface area contributed by atoms with Gasteiger partial charge in [0.25, 0.3) is 0 Å². The summed E-state index contributed by atoms with van der Waals surface area (Å²) in [4.78, 5) is 0. The van der Waals surface area contributed by atoms with Crippen molar-refractivity contribution < 1.29 is 0 Å². The van der Waals surface area contributed by atoms with E-state index in [-0.39, 0.29) is 0 Å². The van der Waals surface area contributed by atoms with E-state index >= 15 is 0 Å². The molecule has 0 aliphatic carbocycles. The van der Waals surface area contributed by atoms with E-state index in [9.17, 15) is 0 Å². The minimum absolute atomic E-state index is 0.797. The van der Waals surface area contributed by atoms with Crippen LogP contribution in [0.2, 0.25) is 0 Å². The van der Waals surface area contributed by atoms with E-state index in [0.717, 1.165) is 39.3 Å². The van der Waals surface area contributed by atoms with E-state index in [1.54, 1.807) is 6.20 Å². The maximum Gasteiger partial charge on any atom is 0.103 e. The Morgan fingerprint density at radius 2 is 1.20 bits per heavy atom. The van der Waals surface area contributed by atoms with Crippen LogP contribution in [0.4, 0.5) is 0 Å². The second-order valence-electron chi connectivity index (χ2n) is 5.79. The Bertz CT molecular complexity index is 981. The largest absolute Gasteiger partial charge is 0.158 e. The van der Waals surface area contributed by atoms with Crippen molar-refractivity contribution in [2.24, 2.45) is 0 Å². The monoisotopic (exact) mass is 324 g/mol. The predicted molar refractivity (Wildman–Crippen MR) is 98.7 cm³/mol. The third kappa shape index (κ3) is 3.02. The van der Waals surface area contributed by atoms with Gasteiger partial charge in [0.2, 0.25) is 0 Å². The van der Waals surface area contributed by atoms with Gasteiger partial charge in [-0.2, -0.15) is 5.10 Å². The Morgan fingerprint density at radius 1 is 0.600 bits per heavy atom. The highest BCUT2D eigenvalue weighted by molar-refractivity contribution is 5.80. The molecular formula is C21H16N4. The van der Waals surface area contributed by atoms with Crippen LogP contribution in [0.5, 0.6) is 0 Å². The lowest BCUT2D eigenvalue weighted by atomic mass is 10.00. The summed E-state index contributed by atoms with van der Waals surface area (Å²) in [5.41, 5.74) is 6.53. The topological polar surface area (TPSA) is 51.6 Å². The van der Waals surface area contributed by atoms with Gasteiger partial charge in [0.15, 0.2) is 0 Å². The van der Waals surface area contributed by atoms with Crippen LogP contribution in [-0.2, 0) is 0 Å². The average Bonchev–Trinajstić information content (AvgIpc) is 2.69. The van der Waals surface area contributed by atoms with Gasteiger partial charge in [0.05, 0.1) is 17.6 Å². The first-order valence-electron chi connectivity index (χ1n) is 8.10. The zero-order valence-corrected chi connectivity index (χ0v) is 13.8. The number of hydrogen-bond donors (Lipinski definition) is 0. The second kappa shape index (κ2) is 6.61. The Kier molecular flexibility index (Phi) is 4.01. The molecule has 0 unspecified atom stereocenters. The number of hydrogen-bond acceptors (Lipinski definition) is 4. The normalized spacial score (nSPS) is 10.6. The summed E-state index contributed by atoms with van der Waals surface area (Å²) in [7, 11) is 0. The van der Waals surface area contributed by atoms with E-state index in [1.807, 2.05) is 79.7 Å². The van der Waals surface area contributed by atoms with E-state index in [2.05, 4.69) is 20.4 Å². The van der Waals surface area contributed by atoms with Gasteiger partial charge in [-0.15, -0.1) is 15.3 Å². The smallest absolute Gasteiger partial charge is 0.103 e. The van der Waals surface area contributed by atoms with Crippen LogP contribution in [0.3, 0.4) is 0 Å². The van der Waals surface area contributed by atoms with Crippen molar-refractivity contribution in [3.05, 3.63) is 84.6 Å². The van der Waals surface area contributed by atoms with Crippen LogP contribution in [-0.4, -0.2) is 20.4 Å². The number of benzene rings is 2. The lowest BCUT2D eigenvalue weighted by Gasteiger charge is -2.10. The number of aromatic nitrogens is 4. The quantitative estimate of drug-likeness (QED) is 0.553. The molecule has 2 aromatic carbocycles. The van der Waals surface area contributed by atoms with Crippen LogP contribution in [0.25, 0.3) is 33.8 Å². The van der Waals surface area contributed by atoms with E-state index < -0.39 is 0 Å². The van der Waals surface area contributed by atoms with Gasteiger partial charge in [0.1, 0.15) is 5.69 Å². The fourth-order valence-corrected chi connectivity index (χ4v) is 2.82. The van der Waals surface area contributed by atoms with Crippen LogP contribution < -0.4 is 0 Å². The Labute approximate surface area is 146 Å². The summed E-state index contributed by atoms with van der Waals surface area (Å²) in [6, 6.07) is 24.0. The van der Waals surface area contributed by atoms with E-state index in [0.29, 0.717) is 0 Å². The first-order chi connectivity index (χ1) is 12.3. The molecule has 4 heteroatoms. The van der Waals surface area contributed by atoms with Crippen LogP contribution in [0.15, 0.2) is 79.0 Å². The zero-order valence-electron chi connectivity index (χ0n) is 13.8. The number of nitrogens with zero attached hydrogens (tertiary/aromatic N) is 4. The number of rotatable bonds is 3. The summed E-state index contributed by atoms with van der Waals surface area (Å²) in [5.74, 6) is 0. The van der Waals surface area contributed by atoms with Crippen LogP contribution in [0.1, 0.15) is 5.56 Å². The molecule has 0 N–H and O–H groups in total. The molecule has 0 spiro atoms. The van der Waals surface area contributed by atoms with Gasteiger partial charge in [-0.25, -0.2) is 0 Å². The third-order valence-electron chi connectivity index (χ3n) is 4.08. The standard InChI is InChI=1S/C21H16N4/c1-15-14-22-25-21(17-10-6-3-7-11-17)20(15)19-13-12-18(23-24-19)16-8-4-2-5-9-16/h2-14H,1H3. The molecule has 0 saturated carbocycles. The van der Waals surface area contributed by atoms with Gasteiger partial charge in [-0.1, -0.05) is 60.7 Å². The van der Waals surface area contributed by atoms with Crippen molar-refractivity contribution in [3.8, 4) is 33.8 Å². The molecule has 0 bridgehead atoms. The van der Waals surface area contributed by atoms with E-state index in [4.69, 9.17) is 0 Å². The van der Waals surface area contributed by atoms with E-state index in [1.165, 1.54) is 0 Å². The molecule has 0 amide bonds. The molecular weight excluding hydrogens is 308 g/mol. The minimum atomic E-state index is 0.797. The highest BCUT2D eigenvalue weighted by atomic mass is 15.1. The molecule has 4 aromatic rings. The van der Waals surface area contributed by atoms with Crippen molar-refractivity contribution in [1.29, 1.82) is 0 Å². The first-order valence-corrected chi connectivity index (χ1v) is 8.10. The Morgan fingerprint density at radius 3 is 1.84 bits per heavy atom. The molecule has 0 aliphatic heterocycles. The lowest BCUT2D eigenvalue weighted by molar-refractivity contribution is 1.00. The molecule has 120 valence electrons. The van der Waals surface area contributed by atoms with Gasteiger partial charge in [-0.3, -0.25) is 0 Å². The summed E-state index contributed by atoms with van der Waals surface area (Å²) < 4.78 is 0. The molecule has 25 heavy (non-hydrogen) atoms.